The lowest BCUT2D eigenvalue weighted by molar-refractivity contribution is 0.409. The molecule has 0 saturated heterocycles. The van der Waals surface area contributed by atoms with Crippen LogP contribution in [0.5, 0.6) is 0 Å². The van der Waals surface area contributed by atoms with Gasteiger partial charge in [0, 0.05) is 5.75 Å². The Morgan fingerprint density at radius 2 is 2.06 bits per heavy atom. The number of anilines is 1. The molecule has 0 aliphatic heterocycles. The molecule has 16 heavy (non-hydrogen) atoms. The molecule has 0 amide bonds. The number of nitrogens with zero attached hydrogens (tertiary/aromatic N) is 1. The van der Waals surface area contributed by atoms with Crippen LogP contribution in [0.1, 0.15) is 12.0 Å². The Morgan fingerprint density at radius 1 is 1.38 bits per heavy atom. The molecule has 1 atom stereocenters. The Bertz CT molecular complexity index is 377. The molecular weight excluding hydrogens is 220 g/mol. The average molecular weight is 240 g/mol. The smallest absolute Gasteiger partial charge is 0.0620 e. The monoisotopic (exact) mass is 240 g/mol. The number of aryl methyl sites for hydroxylation is 1. The largest absolute Gasteiger partial charge is 0.398 e. The first-order chi connectivity index (χ1) is 7.52. The minimum absolute atomic E-state index is 0.672. The van der Waals surface area contributed by atoms with Gasteiger partial charge in [0.1, 0.15) is 0 Å². The summed E-state index contributed by atoms with van der Waals surface area (Å²) in [5.74, 6) is 0.672. The molecule has 4 heteroatoms. The lowest BCUT2D eigenvalue weighted by Crippen LogP contribution is -2.15. The van der Waals surface area contributed by atoms with E-state index < -0.39 is 10.8 Å². The van der Waals surface area contributed by atoms with Crippen molar-refractivity contribution in [1.82, 2.24) is 4.90 Å². The molecule has 0 bridgehead atoms. The van der Waals surface area contributed by atoms with E-state index in [0.717, 1.165) is 23.4 Å². The zero-order valence-electron chi connectivity index (χ0n) is 10.2. The Morgan fingerprint density at radius 3 is 2.69 bits per heavy atom. The standard InChI is InChI=1S/C12H20N2OS/c1-10-6-4-7-11(12(10)13)16(15)9-5-8-14(2)3/h4,6-7H,5,8-9,13H2,1-3H3. The average Bonchev–Trinajstić information content (AvgIpc) is 2.21. The van der Waals surface area contributed by atoms with E-state index in [2.05, 4.69) is 4.90 Å². The fourth-order valence-corrected chi connectivity index (χ4v) is 2.72. The van der Waals surface area contributed by atoms with E-state index in [4.69, 9.17) is 5.73 Å². The highest BCUT2D eigenvalue weighted by Gasteiger charge is 2.08. The fraction of sp³-hybridized carbons (Fsp3) is 0.500. The minimum Gasteiger partial charge on any atom is -0.398 e. The fourth-order valence-electron chi connectivity index (χ4n) is 1.47. The molecule has 1 rings (SSSR count). The van der Waals surface area contributed by atoms with E-state index in [1.807, 2.05) is 39.2 Å². The normalized spacial score (nSPS) is 13.0. The Balaban J connectivity index is 2.63. The molecule has 1 aromatic carbocycles. The van der Waals surface area contributed by atoms with Crippen molar-refractivity contribution in [3.63, 3.8) is 0 Å². The molecule has 0 aliphatic rings. The molecule has 2 N–H and O–H groups in total. The first-order valence-corrected chi connectivity index (χ1v) is 6.72. The summed E-state index contributed by atoms with van der Waals surface area (Å²) in [5.41, 5.74) is 7.58. The first kappa shape index (κ1) is 13.2. The molecule has 0 aliphatic carbocycles. The highest BCUT2D eigenvalue weighted by molar-refractivity contribution is 7.85. The van der Waals surface area contributed by atoms with E-state index in [1.165, 1.54) is 0 Å². The number of nitrogens with two attached hydrogens (primary N) is 1. The van der Waals surface area contributed by atoms with Gasteiger partial charge < -0.3 is 10.6 Å². The van der Waals surface area contributed by atoms with Crippen LogP contribution in [0, 0.1) is 6.92 Å². The third-order valence-corrected chi connectivity index (χ3v) is 3.97. The molecule has 0 spiro atoms. The highest BCUT2D eigenvalue weighted by atomic mass is 32.2. The number of hydrogen-bond acceptors (Lipinski definition) is 3. The van der Waals surface area contributed by atoms with Crippen LogP contribution in [-0.4, -0.2) is 35.5 Å². The second-order valence-corrected chi connectivity index (χ2v) is 5.73. The summed E-state index contributed by atoms with van der Waals surface area (Å²) in [4.78, 5) is 2.87. The van der Waals surface area contributed by atoms with Gasteiger partial charge in [-0.3, -0.25) is 4.21 Å². The van der Waals surface area contributed by atoms with Crippen molar-refractivity contribution < 1.29 is 4.21 Å². The van der Waals surface area contributed by atoms with Gasteiger partial charge in [0.05, 0.1) is 21.4 Å². The van der Waals surface area contributed by atoms with Gasteiger partial charge in [-0.15, -0.1) is 0 Å². The van der Waals surface area contributed by atoms with Gasteiger partial charge in [-0.05, 0) is 45.6 Å². The van der Waals surface area contributed by atoms with Crippen molar-refractivity contribution in [2.45, 2.75) is 18.2 Å². The molecule has 0 aromatic heterocycles. The van der Waals surface area contributed by atoms with Gasteiger partial charge in [0.2, 0.25) is 0 Å². The summed E-state index contributed by atoms with van der Waals surface area (Å²) in [6.07, 6.45) is 0.924. The predicted molar refractivity (Wildman–Crippen MR) is 70.0 cm³/mol. The molecule has 0 heterocycles. The maximum Gasteiger partial charge on any atom is 0.0620 e. The topological polar surface area (TPSA) is 46.3 Å². The molecule has 3 nitrogen and oxygen atoms in total. The maximum atomic E-state index is 12.0. The summed E-state index contributed by atoms with van der Waals surface area (Å²) in [6.45, 7) is 2.90. The molecule has 1 aromatic rings. The predicted octanol–water partition coefficient (Wildman–Crippen LogP) is 1.64. The zero-order chi connectivity index (χ0) is 12.1. The van der Waals surface area contributed by atoms with Crippen molar-refractivity contribution in [1.29, 1.82) is 0 Å². The number of benzene rings is 1. The van der Waals surface area contributed by atoms with Gasteiger partial charge in [0.25, 0.3) is 0 Å². The first-order valence-electron chi connectivity index (χ1n) is 5.40. The number of nitrogen functional groups attached to an aromatic ring is 1. The van der Waals surface area contributed by atoms with Crippen LogP contribution in [0.25, 0.3) is 0 Å². The van der Waals surface area contributed by atoms with Gasteiger partial charge in [-0.25, -0.2) is 0 Å². The van der Waals surface area contributed by atoms with Gasteiger partial charge in [0.15, 0.2) is 0 Å². The Kier molecular flexibility index (Phi) is 4.96. The molecule has 0 fully saturated rings. The van der Waals surface area contributed by atoms with Crippen LogP contribution in [0.2, 0.25) is 0 Å². The van der Waals surface area contributed by atoms with Crippen LogP contribution in [0.15, 0.2) is 23.1 Å². The van der Waals surface area contributed by atoms with Crippen LogP contribution in [0.4, 0.5) is 5.69 Å². The number of rotatable bonds is 5. The van der Waals surface area contributed by atoms with Crippen LogP contribution in [0.3, 0.4) is 0 Å². The van der Waals surface area contributed by atoms with Crippen molar-refractivity contribution in [2.24, 2.45) is 0 Å². The maximum absolute atomic E-state index is 12.0. The van der Waals surface area contributed by atoms with Crippen LogP contribution < -0.4 is 5.73 Å². The van der Waals surface area contributed by atoms with Crippen molar-refractivity contribution >= 4 is 16.5 Å². The van der Waals surface area contributed by atoms with Crippen LogP contribution in [-0.2, 0) is 10.8 Å². The second kappa shape index (κ2) is 6.01. The summed E-state index contributed by atoms with van der Waals surface area (Å²) < 4.78 is 12.0. The summed E-state index contributed by atoms with van der Waals surface area (Å²) in [5, 5.41) is 0. The van der Waals surface area contributed by atoms with Gasteiger partial charge in [-0.2, -0.15) is 0 Å². The summed E-state index contributed by atoms with van der Waals surface area (Å²) in [6, 6.07) is 5.70. The van der Waals surface area contributed by atoms with E-state index >= 15 is 0 Å². The summed E-state index contributed by atoms with van der Waals surface area (Å²) >= 11 is 0. The van der Waals surface area contributed by atoms with Gasteiger partial charge >= 0.3 is 0 Å². The SMILES string of the molecule is Cc1cccc(S(=O)CCCN(C)C)c1N. The highest BCUT2D eigenvalue weighted by Crippen LogP contribution is 2.20. The van der Waals surface area contributed by atoms with Crippen molar-refractivity contribution in [3.05, 3.63) is 23.8 Å². The second-order valence-electron chi connectivity index (χ2n) is 4.19. The van der Waals surface area contributed by atoms with Crippen molar-refractivity contribution in [2.75, 3.05) is 32.1 Å². The lowest BCUT2D eigenvalue weighted by Gasteiger charge is -2.10. The van der Waals surface area contributed by atoms with Gasteiger partial charge in [-0.1, -0.05) is 12.1 Å². The van der Waals surface area contributed by atoms with Crippen LogP contribution >= 0.6 is 0 Å². The minimum atomic E-state index is -0.973. The third kappa shape index (κ3) is 3.61. The van der Waals surface area contributed by atoms with E-state index in [9.17, 15) is 4.21 Å². The zero-order valence-corrected chi connectivity index (χ0v) is 11.0. The Hall–Kier alpha value is -0.870. The number of para-hydroxylation sites is 1. The quantitative estimate of drug-likeness (QED) is 0.796. The lowest BCUT2D eigenvalue weighted by atomic mass is 10.2. The summed E-state index contributed by atoms with van der Waals surface area (Å²) in [7, 11) is 3.06. The molecule has 1 unspecified atom stereocenters. The molecule has 0 radical (unpaired) electrons. The molecular formula is C12H20N2OS. The molecule has 0 saturated carbocycles. The van der Waals surface area contributed by atoms with E-state index in [0.29, 0.717) is 11.4 Å². The third-order valence-electron chi connectivity index (χ3n) is 2.46. The van der Waals surface area contributed by atoms with Crippen molar-refractivity contribution in [3.8, 4) is 0 Å². The molecule has 90 valence electrons. The van der Waals surface area contributed by atoms with E-state index in [-0.39, 0.29) is 0 Å². The number of hydrogen-bond donors (Lipinski definition) is 1. The Labute approximate surface area is 100 Å². The van der Waals surface area contributed by atoms with E-state index in [1.54, 1.807) is 0 Å².